The van der Waals surface area contributed by atoms with Crippen LogP contribution in [0.2, 0.25) is 0 Å². The van der Waals surface area contributed by atoms with Crippen molar-refractivity contribution in [3.63, 3.8) is 0 Å². The number of allylic oxidation sites excluding steroid dienone is 2. The summed E-state index contributed by atoms with van der Waals surface area (Å²) in [5, 5.41) is 17.0. The summed E-state index contributed by atoms with van der Waals surface area (Å²) in [5.74, 6) is 0. The van der Waals surface area contributed by atoms with Crippen molar-refractivity contribution in [2.75, 3.05) is 0 Å². The lowest BCUT2D eigenvalue weighted by molar-refractivity contribution is 0.608. The third-order valence-electron chi connectivity index (χ3n) is 7.64. The van der Waals surface area contributed by atoms with Crippen molar-refractivity contribution in [1.29, 1.82) is 10.8 Å². The molecule has 1 heterocycles. The maximum Gasteiger partial charge on any atom is 0.0613 e. The van der Waals surface area contributed by atoms with Crippen LogP contribution in [-0.2, 0) is 5.41 Å². The first kappa shape index (κ1) is 25.8. The first-order valence-electron chi connectivity index (χ1n) is 13.4. The second kappa shape index (κ2) is 10.6. The lowest BCUT2D eigenvalue weighted by atomic mass is 9.77. The highest BCUT2D eigenvalue weighted by molar-refractivity contribution is 7.99. The molecule has 3 heteroatoms. The average molecular weight is 535 g/mol. The SMILES string of the molecule is CC1(C)c2ccccc2Sc2c(-c3cccc(-c4cccc(C(=N)/C=C\C(=N)c5ccccc5)c4)c3)cccc21. The van der Waals surface area contributed by atoms with Crippen LogP contribution in [0.25, 0.3) is 22.3 Å². The van der Waals surface area contributed by atoms with Crippen molar-refractivity contribution in [2.45, 2.75) is 29.1 Å². The minimum absolute atomic E-state index is 0.0656. The van der Waals surface area contributed by atoms with Crippen LogP contribution < -0.4 is 0 Å². The van der Waals surface area contributed by atoms with Gasteiger partial charge in [0.25, 0.3) is 0 Å². The Hall–Kier alpha value is -4.47. The van der Waals surface area contributed by atoms with Gasteiger partial charge in [-0.1, -0.05) is 129 Å². The van der Waals surface area contributed by atoms with Gasteiger partial charge in [0.2, 0.25) is 0 Å². The van der Waals surface area contributed by atoms with Crippen molar-refractivity contribution in [3.8, 4) is 22.3 Å². The first-order chi connectivity index (χ1) is 19.4. The van der Waals surface area contributed by atoms with Gasteiger partial charge >= 0.3 is 0 Å². The van der Waals surface area contributed by atoms with Crippen molar-refractivity contribution < 1.29 is 0 Å². The van der Waals surface area contributed by atoms with E-state index in [1.165, 1.54) is 32.0 Å². The Morgan fingerprint density at radius 1 is 0.575 bits per heavy atom. The summed E-state index contributed by atoms with van der Waals surface area (Å²) in [6, 6.07) is 41.8. The molecule has 0 bridgehead atoms. The largest absolute Gasteiger partial charge is 0.300 e. The van der Waals surface area contributed by atoms with E-state index in [1.54, 1.807) is 12.2 Å². The van der Waals surface area contributed by atoms with Crippen LogP contribution in [0.3, 0.4) is 0 Å². The topological polar surface area (TPSA) is 47.7 Å². The third kappa shape index (κ3) is 4.85. The van der Waals surface area contributed by atoms with E-state index < -0.39 is 0 Å². The maximum atomic E-state index is 8.64. The Labute approximate surface area is 240 Å². The Morgan fingerprint density at radius 3 is 1.95 bits per heavy atom. The lowest BCUT2D eigenvalue weighted by Gasteiger charge is -2.35. The van der Waals surface area contributed by atoms with E-state index in [-0.39, 0.29) is 5.41 Å². The Kier molecular flexibility index (Phi) is 6.83. The molecule has 2 N–H and O–H groups in total. The predicted molar refractivity (Wildman–Crippen MR) is 169 cm³/mol. The summed E-state index contributed by atoms with van der Waals surface area (Å²) in [6.45, 7) is 4.64. The van der Waals surface area contributed by atoms with Crippen molar-refractivity contribution in [1.82, 2.24) is 0 Å². The van der Waals surface area contributed by atoms with Gasteiger partial charge in [-0.3, -0.25) is 0 Å². The zero-order valence-corrected chi connectivity index (χ0v) is 23.4. The van der Waals surface area contributed by atoms with Crippen LogP contribution in [0, 0.1) is 10.8 Å². The summed E-state index contributed by atoms with van der Waals surface area (Å²) in [5.41, 5.74) is 9.74. The molecule has 0 amide bonds. The first-order valence-corrected chi connectivity index (χ1v) is 14.3. The minimum Gasteiger partial charge on any atom is -0.300 e. The van der Waals surface area contributed by atoms with Gasteiger partial charge in [0, 0.05) is 15.2 Å². The van der Waals surface area contributed by atoms with E-state index in [1.807, 2.05) is 54.2 Å². The summed E-state index contributed by atoms with van der Waals surface area (Å²) in [7, 11) is 0. The van der Waals surface area contributed by atoms with Crippen LogP contribution in [0.15, 0.2) is 143 Å². The molecule has 0 aromatic heterocycles. The molecule has 0 saturated carbocycles. The maximum absolute atomic E-state index is 8.64. The molecule has 1 aliphatic rings. The minimum atomic E-state index is -0.0656. The number of benzene rings is 5. The molecule has 194 valence electrons. The highest BCUT2D eigenvalue weighted by Crippen LogP contribution is 2.52. The molecule has 0 atom stereocenters. The average Bonchev–Trinajstić information content (AvgIpc) is 3.00. The molecule has 5 aromatic rings. The van der Waals surface area contributed by atoms with Crippen LogP contribution >= 0.6 is 11.8 Å². The fourth-order valence-electron chi connectivity index (χ4n) is 5.40. The monoisotopic (exact) mass is 534 g/mol. The molecule has 0 spiro atoms. The molecule has 0 unspecified atom stereocenters. The molecular formula is C37H30N2S. The van der Waals surface area contributed by atoms with Crippen molar-refractivity contribution >= 4 is 23.2 Å². The number of hydrogen-bond donors (Lipinski definition) is 2. The zero-order valence-electron chi connectivity index (χ0n) is 22.6. The van der Waals surface area contributed by atoms with Crippen molar-refractivity contribution in [3.05, 3.63) is 156 Å². The molecule has 0 aliphatic carbocycles. The molecule has 1 aliphatic heterocycles. The standard InChI is InChI=1S/C37H30N2S/c1-37(2)31-18-6-7-20-35(31)40-36-30(17-10-19-32(36)37)28-15-8-13-26(23-28)27-14-9-16-29(24-27)34(39)22-21-33(38)25-11-4-3-5-12-25/h3-24,38-39H,1-2H3/b22-21-,38-33?,39-34?. The van der Waals surface area contributed by atoms with Crippen LogP contribution in [0.4, 0.5) is 0 Å². The van der Waals surface area contributed by atoms with Gasteiger partial charge in [-0.25, -0.2) is 0 Å². The highest BCUT2D eigenvalue weighted by atomic mass is 32.2. The van der Waals surface area contributed by atoms with Crippen LogP contribution in [0.5, 0.6) is 0 Å². The molecule has 40 heavy (non-hydrogen) atoms. The second-order valence-electron chi connectivity index (χ2n) is 10.6. The predicted octanol–water partition coefficient (Wildman–Crippen LogP) is 9.80. The number of fused-ring (bicyclic) bond motifs is 2. The second-order valence-corrected chi connectivity index (χ2v) is 11.6. The molecule has 6 rings (SSSR count). The van der Waals surface area contributed by atoms with Gasteiger partial charge in [0.1, 0.15) is 0 Å². The van der Waals surface area contributed by atoms with E-state index in [0.29, 0.717) is 11.4 Å². The van der Waals surface area contributed by atoms with E-state index >= 15 is 0 Å². The quantitative estimate of drug-likeness (QED) is 0.209. The van der Waals surface area contributed by atoms with Crippen LogP contribution in [-0.4, -0.2) is 11.4 Å². The fourth-order valence-corrected chi connectivity index (χ4v) is 6.93. The number of rotatable bonds is 6. The van der Waals surface area contributed by atoms with E-state index in [2.05, 4.69) is 92.7 Å². The number of hydrogen-bond acceptors (Lipinski definition) is 3. The molecule has 0 saturated heterocycles. The summed E-state index contributed by atoms with van der Waals surface area (Å²) < 4.78 is 0. The normalized spacial score (nSPS) is 13.4. The molecule has 0 fully saturated rings. The molecule has 0 radical (unpaired) electrons. The summed E-state index contributed by atoms with van der Waals surface area (Å²) in [6.07, 6.45) is 3.40. The van der Waals surface area contributed by atoms with Gasteiger partial charge in [0.05, 0.1) is 11.4 Å². The zero-order chi connectivity index (χ0) is 27.7. The Bertz CT molecular complexity index is 1780. The van der Waals surface area contributed by atoms with E-state index in [9.17, 15) is 0 Å². The summed E-state index contributed by atoms with van der Waals surface area (Å²) in [4.78, 5) is 2.65. The molecular weight excluding hydrogens is 504 g/mol. The third-order valence-corrected chi connectivity index (χ3v) is 8.86. The van der Waals surface area contributed by atoms with Crippen LogP contribution in [0.1, 0.15) is 36.1 Å². The smallest absolute Gasteiger partial charge is 0.0613 e. The summed E-state index contributed by atoms with van der Waals surface area (Å²) >= 11 is 1.87. The van der Waals surface area contributed by atoms with Gasteiger partial charge in [-0.2, -0.15) is 0 Å². The van der Waals surface area contributed by atoms with E-state index in [0.717, 1.165) is 22.3 Å². The Morgan fingerprint density at radius 2 is 1.15 bits per heavy atom. The number of nitrogens with one attached hydrogen (secondary N) is 2. The van der Waals surface area contributed by atoms with Gasteiger partial charge in [0.15, 0.2) is 0 Å². The Balaban J connectivity index is 1.31. The van der Waals surface area contributed by atoms with Crippen molar-refractivity contribution in [2.24, 2.45) is 0 Å². The molecule has 2 nitrogen and oxygen atoms in total. The highest BCUT2D eigenvalue weighted by Gasteiger charge is 2.34. The lowest BCUT2D eigenvalue weighted by Crippen LogP contribution is -2.23. The van der Waals surface area contributed by atoms with E-state index in [4.69, 9.17) is 10.8 Å². The van der Waals surface area contributed by atoms with Gasteiger partial charge < -0.3 is 10.8 Å². The van der Waals surface area contributed by atoms with Gasteiger partial charge in [-0.05, 0) is 74.9 Å². The molecule has 5 aromatic carbocycles. The fraction of sp³-hybridized carbons (Fsp3) is 0.0811. The van der Waals surface area contributed by atoms with Gasteiger partial charge in [-0.15, -0.1) is 0 Å².